The van der Waals surface area contributed by atoms with Gasteiger partial charge in [-0.15, -0.1) is 11.3 Å². The van der Waals surface area contributed by atoms with Gasteiger partial charge in [0.05, 0.1) is 18.7 Å². The topological polar surface area (TPSA) is 82.4 Å². The third-order valence-corrected chi connectivity index (χ3v) is 5.82. The molecule has 0 bridgehead atoms. The van der Waals surface area contributed by atoms with Crippen LogP contribution in [0.1, 0.15) is 44.4 Å². The Bertz CT molecular complexity index is 943. The molecule has 3 rings (SSSR count). The van der Waals surface area contributed by atoms with E-state index in [1.807, 2.05) is 26.0 Å². The van der Waals surface area contributed by atoms with Gasteiger partial charge in [0.15, 0.2) is 0 Å². The number of hydrogen-bond donors (Lipinski definition) is 1. The number of benzene rings is 1. The molecule has 0 saturated carbocycles. The summed E-state index contributed by atoms with van der Waals surface area (Å²) in [6, 6.07) is 7.74. The van der Waals surface area contributed by atoms with Gasteiger partial charge in [-0.25, -0.2) is 4.79 Å². The summed E-state index contributed by atoms with van der Waals surface area (Å²) < 4.78 is 5.06. The smallest absolute Gasteiger partial charge is 0.410 e. The Kier molecular flexibility index (Phi) is 5.47. The van der Waals surface area contributed by atoms with Crippen LogP contribution in [0, 0.1) is 25.2 Å². The molecule has 2 heterocycles. The van der Waals surface area contributed by atoms with Crippen molar-refractivity contribution in [1.29, 1.82) is 5.26 Å². The van der Waals surface area contributed by atoms with E-state index in [9.17, 15) is 14.9 Å². The van der Waals surface area contributed by atoms with Crippen LogP contribution in [0.15, 0.2) is 18.2 Å². The highest BCUT2D eigenvalue weighted by Crippen LogP contribution is 2.37. The summed E-state index contributed by atoms with van der Waals surface area (Å²) in [5, 5.41) is 13.0. The standard InChI is InChI=1S/C20H21N3O3S/c1-4-26-20(25)23-8-7-15-16(10-21)19(27-17(15)11-23)22-18(24)14-6-5-12(2)13(3)9-14/h5-6,9H,4,7-8,11H2,1-3H3,(H,22,24). The maximum absolute atomic E-state index is 12.6. The molecule has 1 aliphatic heterocycles. The first-order valence-electron chi connectivity index (χ1n) is 8.79. The van der Waals surface area contributed by atoms with Crippen molar-refractivity contribution in [2.24, 2.45) is 0 Å². The third kappa shape index (κ3) is 3.81. The van der Waals surface area contributed by atoms with Gasteiger partial charge in [-0.1, -0.05) is 6.07 Å². The molecule has 0 aliphatic carbocycles. The van der Waals surface area contributed by atoms with Crippen molar-refractivity contribution in [2.75, 3.05) is 18.5 Å². The number of hydrogen-bond acceptors (Lipinski definition) is 5. The number of carbonyl (C=O) groups is 2. The van der Waals surface area contributed by atoms with Crippen molar-refractivity contribution in [3.8, 4) is 6.07 Å². The fourth-order valence-electron chi connectivity index (χ4n) is 3.04. The second-order valence-corrected chi connectivity index (χ2v) is 7.55. The van der Waals surface area contributed by atoms with E-state index >= 15 is 0 Å². The molecule has 7 heteroatoms. The van der Waals surface area contributed by atoms with Gasteiger partial charge in [0.25, 0.3) is 5.91 Å². The Morgan fingerprint density at radius 2 is 2.11 bits per heavy atom. The molecule has 0 saturated heterocycles. The lowest BCUT2D eigenvalue weighted by Crippen LogP contribution is -2.35. The summed E-state index contributed by atoms with van der Waals surface area (Å²) in [6.07, 6.45) is 0.225. The van der Waals surface area contributed by atoms with Gasteiger partial charge < -0.3 is 15.0 Å². The predicted molar refractivity (Wildman–Crippen MR) is 104 cm³/mol. The third-order valence-electron chi connectivity index (χ3n) is 4.69. The Morgan fingerprint density at radius 1 is 1.33 bits per heavy atom. The minimum atomic E-state index is -0.351. The van der Waals surface area contributed by atoms with E-state index in [4.69, 9.17) is 4.74 Å². The first-order valence-corrected chi connectivity index (χ1v) is 9.61. The number of fused-ring (bicyclic) bond motifs is 1. The minimum Gasteiger partial charge on any atom is -0.450 e. The highest BCUT2D eigenvalue weighted by atomic mass is 32.1. The number of rotatable bonds is 3. The lowest BCUT2D eigenvalue weighted by molar-refractivity contribution is 0.102. The summed E-state index contributed by atoms with van der Waals surface area (Å²) >= 11 is 1.35. The largest absolute Gasteiger partial charge is 0.450 e. The molecule has 2 amide bonds. The van der Waals surface area contributed by atoms with Crippen molar-refractivity contribution in [2.45, 2.75) is 33.7 Å². The van der Waals surface area contributed by atoms with E-state index in [2.05, 4.69) is 11.4 Å². The zero-order valence-electron chi connectivity index (χ0n) is 15.6. The van der Waals surface area contributed by atoms with Gasteiger partial charge in [-0.3, -0.25) is 4.79 Å². The molecule has 0 atom stereocenters. The SMILES string of the molecule is CCOC(=O)N1CCc2c(sc(NC(=O)c3ccc(C)c(C)c3)c2C#N)C1. The molecule has 1 aromatic heterocycles. The molecule has 0 fully saturated rings. The molecule has 0 spiro atoms. The molecule has 1 aliphatic rings. The van der Waals surface area contributed by atoms with E-state index in [0.717, 1.165) is 21.6 Å². The summed E-state index contributed by atoms with van der Waals surface area (Å²) in [4.78, 5) is 27.1. The molecule has 27 heavy (non-hydrogen) atoms. The molecule has 0 radical (unpaired) electrons. The van der Waals surface area contributed by atoms with Gasteiger partial charge in [-0.05, 0) is 56.0 Å². The molecular weight excluding hydrogens is 362 g/mol. The van der Waals surface area contributed by atoms with E-state index in [1.54, 1.807) is 17.9 Å². The second kappa shape index (κ2) is 7.80. The molecule has 1 aromatic carbocycles. The average Bonchev–Trinajstić information content (AvgIpc) is 3.00. The Hall–Kier alpha value is -2.85. The summed E-state index contributed by atoms with van der Waals surface area (Å²) in [5.41, 5.74) is 4.13. The lowest BCUT2D eigenvalue weighted by Gasteiger charge is -2.25. The molecule has 0 unspecified atom stereocenters. The zero-order chi connectivity index (χ0) is 19.6. The number of ether oxygens (including phenoxy) is 1. The molecule has 6 nitrogen and oxygen atoms in total. The summed E-state index contributed by atoms with van der Waals surface area (Å²) in [5.74, 6) is -0.240. The van der Waals surface area contributed by atoms with E-state index in [0.29, 0.717) is 42.2 Å². The van der Waals surface area contributed by atoms with Crippen LogP contribution in [0.4, 0.5) is 9.80 Å². The minimum absolute atomic E-state index is 0.240. The normalized spacial score (nSPS) is 12.9. The fraction of sp³-hybridized carbons (Fsp3) is 0.350. The highest BCUT2D eigenvalue weighted by Gasteiger charge is 2.28. The molecule has 140 valence electrons. The lowest BCUT2D eigenvalue weighted by atomic mass is 10.0. The summed E-state index contributed by atoms with van der Waals surface area (Å²) in [6.45, 7) is 6.95. The van der Waals surface area contributed by atoms with Crippen molar-refractivity contribution in [3.05, 3.63) is 50.9 Å². The van der Waals surface area contributed by atoms with Crippen LogP contribution in [-0.2, 0) is 17.7 Å². The number of thiophene rings is 1. The number of nitrogens with zero attached hydrogens (tertiary/aromatic N) is 2. The number of anilines is 1. The second-order valence-electron chi connectivity index (χ2n) is 6.44. The number of carbonyl (C=O) groups excluding carboxylic acids is 2. The maximum Gasteiger partial charge on any atom is 0.410 e. The first-order chi connectivity index (χ1) is 12.9. The molecule has 1 N–H and O–H groups in total. The van der Waals surface area contributed by atoms with Crippen LogP contribution >= 0.6 is 11.3 Å². The van der Waals surface area contributed by atoms with Crippen LogP contribution in [0.5, 0.6) is 0 Å². The summed E-state index contributed by atoms with van der Waals surface area (Å²) in [7, 11) is 0. The fourth-order valence-corrected chi connectivity index (χ4v) is 4.25. The molecule has 2 aromatic rings. The molecular formula is C20H21N3O3S. The van der Waals surface area contributed by atoms with Crippen LogP contribution < -0.4 is 5.32 Å². The number of amides is 2. The van der Waals surface area contributed by atoms with E-state index in [1.165, 1.54) is 11.3 Å². The van der Waals surface area contributed by atoms with E-state index in [-0.39, 0.29) is 12.0 Å². The van der Waals surface area contributed by atoms with Gasteiger partial charge >= 0.3 is 6.09 Å². The number of aryl methyl sites for hydroxylation is 2. The zero-order valence-corrected chi connectivity index (χ0v) is 16.4. The highest BCUT2D eigenvalue weighted by molar-refractivity contribution is 7.16. The predicted octanol–water partition coefficient (Wildman–Crippen LogP) is 4.00. The van der Waals surface area contributed by atoms with Crippen LogP contribution in [0.3, 0.4) is 0 Å². The van der Waals surface area contributed by atoms with Crippen molar-refractivity contribution >= 4 is 28.3 Å². The average molecular weight is 383 g/mol. The monoisotopic (exact) mass is 383 g/mol. The van der Waals surface area contributed by atoms with Crippen LogP contribution in [-0.4, -0.2) is 30.1 Å². The van der Waals surface area contributed by atoms with Gasteiger partial charge in [0, 0.05) is 17.0 Å². The number of nitriles is 1. The van der Waals surface area contributed by atoms with E-state index < -0.39 is 0 Å². The van der Waals surface area contributed by atoms with Crippen molar-refractivity contribution in [1.82, 2.24) is 4.90 Å². The van der Waals surface area contributed by atoms with Crippen LogP contribution in [0.25, 0.3) is 0 Å². The number of nitrogens with one attached hydrogen (secondary N) is 1. The Labute approximate surface area is 162 Å². The van der Waals surface area contributed by atoms with Crippen molar-refractivity contribution < 1.29 is 14.3 Å². The van der Waals surface area contributed by atoms with Crippen molar-refractivity contribution in [3.63, 3.8) is 0 Å². The van der Waals surface area contributed by atoms with Gasteiger partial charge in [0.1, 0.15) is 11.1 Å². The quantitative estimate of drug-likeness (QED) is 0.868. The maximum atomic E-state index is 12.6. The van der Waals surface area contributed by atoms with Gasteiger partial charge in [0.2, 0.25) is 0 Å². The first kappa shape index (κ1) is 18.9. The van der Waals surface area contributed by atoms with Crippen LogP contribution in [0.2, 0.25) is 0 Å². The van der Waals surface area contributed by atoms with Gasteiger partial charge in [-0.2, -0.15) is 5.26 Å². The Morgan fingerprint density at radius 3 is 2.78 bits per heavy atom. The Balaban J connectivity index is 1.83.